The van der Waals surface area contributed by atoms with Gasteiger partial charge in [0.15, 0.2) is 0 Å². The molecule has 1 atom stereocenters. The van der Waals surface area contributed by atoms with Gasteiger partial charge in [-0.15, -0.1) is 0 Å². The minimum absolute atomic E-state index is 0.359. The molecule has 0 aliphatic heterocycles. The van der Waals surface area contributed by atoms with E-state index in [1.54, 1.807) is 0 Å². The Hall–Kier alpha value is -0.860. The molecule has 0 spiro atoms. The molecule has 1 aromatic carbocycles. The summed E-state index contributed by atoms with van der Waals surface area (Å²) in [5.74, 6) is 6.06. The molecule has 0 bridgehead atoms. The predicted molar refractivity (Wildman–Crippen MR) is 60.8 cm³/mol. The normalized spacial score (nSPS) is 13.2. The topological polar surface area (TPSA) is 38.0 Å². The van der Waals surface area contributed by atoms with Crippen molar-refractivity contribution in [2.75, 3.05) is 0 Å². The molecule has 0 saturated carbocycles. The molecule has 3 N–H and O–H groups in total. The van der Waals surface area contributed by atoms with Crippen LogP contribution < -0.4 is 11.3 Å². The lowest BCUT2D eigenvalue weighted by Crippen LogP contribution is -2.40. The molecule has 0 radical (unpaired) electrons. The van der Waals surface area contributed by atoms with E-state index in [9.17, 15) is 0 Å². The maximum Gasteiger partial charge on any atom is 0.0273 e. The number of benzene rings is 1. The van der Waals surface area contributed by atoms with Gasteiger partial charge in [-0.25, -0.2) is 0 Å². The van der Waals surface area contributed by atoms with Gasteiger partial charge in [0.2, 0.25) is 0 Å². The molecule has 14 heavy (non-hydrogen) atoms. The van der Waals surface area contributed by atoms with Gasteiger partial charge in [-0.05, 0) is 24.8 Å². The molecular weight excluding hydrogens is 172 g/mol. The average molecular weight is 192 g/mol. The molecule has 0 heterocycles. The highest BCUT2D eigenvalue weighted by molar-refractivity contribution is 5.22. The number of hydrogen-bond acceptors (Lipinski definition) is 2. The third-order valence-electron chi connectivity index (χ3n) is 2.60. The van der Waals surface area contributed by atoms with Crippen molar-refractivity contribution in [3.05, 3.63) is 35.4 Å². The first-order valence-electron chi connectivity index (χ1n) is 5.15. The lowest BCUT2D eigenvalue weighted by Gasteiger charge is -2.19. The van der Waals surface area contributed by atoms with Gasteiger partial charge in [-0.2, -0.15) is 0 Å². The molecule has 2 heteroatoms. The molecule has 1 unspecified atom stereocenters. The largest absolute Gasteiger partial charge is 0.271 e. The van der Waals surface area contributed by atoms with Crippen LogP contribution in [0.1, 0.15) is 25.0 Å². The van der Waals surface area contributed by atoms with Crippen molar-refractivity contribution in [3.63, 3.8) is 0 Å². The highest BCUT2D eigenvalue weighted by atomic mass is 15.2. The maximum atomic E-state index is 5.50. The molecule has 2 nitrogen and oxygen atoms in total. The van der Waals surface area contributed by atoms with Crippen molar-refractivity contribution >= 4 is 0 Å². The Kier molecular flexibility index (Phi) is 4.11. The Morgan fingerprint density at radius 1 is 1.21 bits per heavy atom. The summed E-state index contributed by atoms with van der Waals surface area (Å²) in [7, 11) is 0. The van der Waals surface area contributed by atoms with E-state index >= 15 is 0 Å². The smallest absolute Gasteiger partial charge is 0.0273 e. The number of rotatable bonds is 4. The highest BCUT2D eigenvalue weighted by Gasteiger charge is 2.11. The summed E-state index contributed by atoms with van der Waals surface area (Å²) in [6, 6.07) is 8.98. The van der Waals surface area contributed by atoms with Gasteiger partial charge in [0, 0.05) is 6.04 Å². The van der Waals surface area contributed by atoms with Crippen molar-refractivity contribution in [1.82, 2.24) is 5.43 Å². The van der Waals surface area contributed by atoms with Gasteiger partial charge >= 0.3 is 0 Å². The van der Waals surface area contributed by atoms with Crippen molar-refractivity contribution in [3.8, 4) is 0 Å². The van der Waals surface area contributed by atoms with Crippen LogP contribution in [0.3, 0.4) is 0 Å². The second-order valence-electron chi connectivity index (χ2n) is 4.21. The Morgan fingerprint density at radius 2 is 1.79 bits per heavy atom. The minimum atomic E-state index is 0.359. The van der Waals surface area contributed by atoms with E-state index in [1.165, 1.54) is 11.1 Å². The zero-order chi connectivity index (χ0) is 10.6. The predicted octanol–water partition coefficient (Wildman–Crippen LogP) is 2.03. The summed E-state index contributed by atoms with van der Waals surface area (Å²) in [5.41, 5.74) is 5.51. The Morgan fingerprint density at radius 3 is 2.21 bits per heavy atom. The van der Waals surface area contributed by atoms with E-state index in [0.717, 1.165) is 6.42 Å². The SMILES string of the molecule is Cc1ccc(CC(NN)C(C)C)cc1. The van der Waals surface area contributed by atoms with Crippen LogP contribution in [-0.2, 0) is 6.42 Å². The van der Waals surface area contributed by atoms with E-state index in [-0.39, 0.29) is 0 Å². The lowest BCUT2D eigenvalue weighted by atomic mass is 9.97. The molecular formula is C12H20N2. The number of nitrogens with two attached hydrogens (primary N) is 1. The van der Waals surface area contributed by atoms with Gasteiger partial charge in [-0.3, -0.25) is 11.3 Å². The van der Waals surface area contributed by atoms with Crippen LogP contribution in [0.2, 0.25) is 0 Å². The fourth-order valence-electron chi connectivity index (χ4n) is 1.47. The number of hydrogen-bond donors (Lipinski definition) is 2. The van der Waals surface area contributed by atoms with E-state index in [0.29, 0.717) is 12.0 Å². The zero-order valence-electron chi connectivity index (χ0n) is 9.25. The molecule has 1 rings (SSSR count). The van der Waals surface area contributed by atoms with Gasteiger partial charge < -0.3 is 0 Å². The second-order valence-corrected chi connectivity index (χ2v) is 4.21. The first-order chi connectivity index (χ1) is 6.63. The van der Waals surface area contributed by atoms with Gasteiger partial charge in [0.05, 0.1) is 0 Å². The number of hydrazine groups is 1. The molecule has 1 aromatic rings. The quantitative estimate of drug-likeness (QED) is 0.566. The molecule has 0 aliphatic rings. The highest BCUT2D eigenvalue weighted by Crippen LogP contribution is 2.10. The monoisotopic (exact) mass is 192 g/mol. The average Bonchev–Trinajstić information content (AvgIpc) is 2.16. The summed E-state index contributed by atoms with van der Waals surface area (Å²) in [6.07, 6.45) is 0.994. The number of nitrogens with one attached hydrogen (secondary N) is 1. The van der Waals surface area contributed by atoms with Crippen LogP contribution in [0, 0.1) is 12.8 Å². The molecule has 0 aliphatic carbocycles. The first kappa shape index (κ1) is 11.2. The fraction of sp³-hybridized carbons (Fsp3) is 0.500. The second kappa shape index (κ2) is 5.13. The molecule has 78 valence electrons. The standard InChI is InChI=1S/C12H20N2/c1-9(2)12(14-13)8-11-6-4-10(3)5-7-11/h4-7,9,12,14H,8,13H2,1-3H3. The molecule has 0 amide bonds. The zero-order valence-corrected chi connectivity index (χ0v) is 9.25. The Bertz CT molecular complexity index is 264. The Balaban J connectivity index is 2.63. The van der Waals surface area contributed by atoms with Crippen LogP contribution in [0.15, 0.2) is 24.3 Å². The van der Waals surface area contributed by atoms with Gasteiger partial charge in [0.25, 0.3) is 0 Å². The fourth-order valence-corrected chi connectivity index (χ4v) is 1.47. The van der Waals surface area contributed by atoms with Crippen molar-refractivity contribution in [2.45, 2.75) is 33.2 Å². The van der Waals surface area contributed by atoms with Gasteiger partial charge in [-0.1, -0.05) is 43.7 Å². The van der Waals surface area contributed by atoms with E-state index in [1.807, 2.05) is 0 Å². The summed E-state index contributed by atoms with van der Waals surface area (Å²) < 4.78 is 0. The van der Waals surface area contributed by atoms with Crippen LogP contribution in [0.4, 0.5) is 0 Å². The Labute approximate surface area is 86.5 Å². The summed E-state index contributed by atoms with van der Waals surface area (Å²) in [5, 5.41) is 0. The summed E-state index contributed by atoms with van der Waals surface area (Å²) in [4.78, 5) is 0. The lowest BCUT2D eigenvalue weighted by molar-refractivity contribution is 0.404. The number of aryl methyl sites for hydroxylation is 1. The maximum absolute atomic E-state index is 5.50. The summed E-state index contributed by atoms with van der Waals surface area (Å²) in [6.45, 7) is 6.46. The first-order valence-corrected chi connectivity index (χ1v) is 5.15. The molecule has 0 aromatic heterocycles. The molecule has 0 fully saturated rings. The van der Waals surface area contributed by atoms with E-state index in [2.05, 4.69) is 50.5 Å². The van der Waals surface area contributed by atoms with Crippen molar-refractivity contribution < 1.29 is 0 Å². The molecule has 0 saturated heterocycles. The van der Waals surface area contributed by atoms with Crippen LogP contribution in [0.25, 0.3) is 0 Å². The summed E-state index contributed by atoms with van der Waals surface area (Å²) >= 11 is 0. The van der Waals surface area contributed by atoms with E-state index < -0.39 is 0 Å². The van der Waals surface area contributed by atoms with Crippen LogP contribution >= 0.6 is 0 Å². The van der Waals surface area contributed by atoms with E-state index in [4.69, 9.17) is 5.84 Å². The third kappa shape index (κ3) is 3.13. The van der Waals surface area contributed by atoms with Crippen LogP contribution in [0.5, 0.6) is 0 Å². The minimum Gasteiger partial charge on any atom is -0.271 e. The van der Waals surface area contributed by atoms with Crippen molar-refractivity contribution in [1.29, 1.82) is 0 Å². The van der Waals surface area contributed by atoms with Gasteiger partial charge in [0.1, 0.15) is 0 Å². The third-order valence-corrected chi connectivity index (χ3v) is 2.60. The van der Waals surface area contributed by atoms with Crippen LogP contribution in [-0.4, -0.2) is 6.04 Å². The van der Waals surface area contributed by atoms with Crippen molar-refractivity contribution in [2.24, 2.45) is 11.8 Å².